The summed E-state index contributed by atoms with van der Waals surface area (Å²) in [6.07, 6.45) is 1.81. The van der Waals surface area contributed by atoms with Crippen LogP contribution in [-0.2, 0) is 4.79 Å². The minimum absolute atomic E-state index is 0.0788. The van der Waals surface area contributed by atoms with E-state index in [1.165, 1.54) is 12.1 Å². The van der Waals surface area contributed by atoms with Crippen molar-refractivity contribution < 1.29 is 14.7 Å². The molecule has 1 aromatic rings. The number of carbonyl (C=O) groups excluding carboxylic acids is 1. The van der Waals surface area contributed by atoms with Crippen LogP contribution in [0.5, 0.6) is 0 Å². The first-order valence-corrected chi connectivity index (χ1v) is 5.92. The SMILES string of the molecule is O=C(O)c1cccc(NC(=S)NC(=O)C2CC2)c1. The van der Waals surface area contributed by atoms with Crippen LogP contribution in [0.4, 0.5) is 5.69 Å². The Labute approximate surface area is 109 Å². The molecule has 1 saturated carbocycles. The second kappa shape index (κ2) is 5.14. The number of aromatic carboxylic acids is 1. The van der Waals surface area contributed by atoms with E-state index in [9.17, 15) is 9.59 Å². The van der Waals surface area contributed by atoms with Crippen molar-refractivity contribution in [3.8, 4) is 0 Å². The summed E-state index contributed by atoms with van der Waals surface area (Å²) in [6, 6.07) is 6.23. The van der Waals surface area contributed by atoms with E-state index in [0.717, 1.165) is 12.8 Å². The predicted molar refractivity (Wildman–Crippen MR) is 70.5 cm³/mol. The molecule has 1 fully saturated rings. The topological polar surface area (TPSA) is 78.4 Å². The van der Waals surface area contributed by atoms with Gasteiger partial charge in [0.2, 0.25) is 5.91 Å². The monoisotopic (exact) mass is 264 g/mol. The molecule has 1 aliphatic rings. The highest BCUT2D eigenvalue weighted by atomic mass is 32.1. The molecule has 6 heteroatoms. The lowest BCUT2D eigenvalue weighted by Gasteiger charge is -2.09. The van der Waals surface area contributed by atoms with Gasteiger partial charge in [0.25, 0.3) is 0 Å². The van der Waals surface area contributed by atoms with Crippen molar-refractivity contribution in [2.24, 2.45) is 5.92 Å². The van der Waals surface area contributed by atoms with Crippen LogP contribution in [0.2, 0.25) is 0 Å². The van der Waals surface area contributed by atoms with Gasteiger partial charge in [0.15, 0.2) is 5.11 Å². The fourth-order valence-corrected chi connectivity index (χ4v) is 1.67. The van der Waals surface area contributed by atoms with Crippen LogP contribution in [0, 0.1) is 5.92 Å². The molecule has 1 aliphatic carbocycles. The van der Waals surface area contributed by atoms with Crippen molar-refractivity contribution in [1.29, 1.82) is 0 Å². The molecule has 0 heterocycles. The molecule has 1 amide bonds. The van der Waals surface area contributed by atoms with E-state index in [-0.39, 0.29) is 22.5 Å². The Bertz CT molecular complexity index is 512. The average molecular weight is 264 g/mol. The Kier molecular flexibility index (Phi) is 3.57. The van der Waals surface area contributed by atoms with Crippen LogP contribution in [0.25, 0.3) is 0 Å². The molecule has 0 saturated heterocycles. The third kappa shape index (κ3) is 3.27. The number of rotatable bonds is 3. The van der Waals surface area contributed by atoms with Crippen LogP contribution in [0.3, 0.4) is 0 Å². The van der Waals surface area contributed by atoms with Crippen molar-refractivity contribution in [3.63, 3.8) is 0 Å². The zero-order chi connectivity index (χ0) is 13.1. The number of anilines is 1. The maximum absolute atomic E-state index is 11.4. The summed E-state index contributed by atoms with van der Waals surface area (Å²) in [6.45, 7) is 0. The Morgan fingerprint density at radius 1 is 1.33 bits per heavy atom. The zero-order valence-electron chi connectivity index (χ0n) is 9.47. The van der Waals surface area contributed by atoms with Crippen molar-refractivity contribution in [2.45, 2.75) is 12.8 Å². The number of hydrogen-bond donors (Lipinski definition) is 3. The van der Waals surface area contributed by atoms with Gasteiger partial charge in [0.05, 0.1) is 5.56 Å². The maximum Gasteiger partial charge on any atom is 0.335 e. The van der Waals surface area contributed by atoms with Crippen LogP contribution >= 0.6 is 12.2 Å². The number of thiocarbonyl (C=S) groups is 1. The zero-order valence-corrected chi connectivity index (χ0v) is 10.3. The molecular formula is C12H12N2O3S. The summed E-state index contributed by atoms with van der Waals surface area (Å²) in [5.41, 5.74) is 0.701. The highest BCUT2D eigenvalue weighted by molar-refractivity contribution is 7.80. The van der Waals surface area contributed by atoms with Gasteiger partial charge < -0.3 is 15.7 Å². The van der Waals surface area contributed by atoms with Gasteiger partial charge in [0, 0.05) is 11.6 Å². The Balaban J connectivity index is 1.95. The van der Waals surface area contributed by atoms with Gasteiger partial charge in [-0.1, -0.05) is 6.07 Å². The second-order valence-electron chi connectivity index (χ2n) is 4.10. The smallest absolute Gasteiger partial charge is 0.335 e. The quantitative estimate of drug-likeness (QED) is 0.723. The highest BCUT2D eigenvalue weighted by Gasteiger charge is 2.29. The van der Waals surface area contributed by atoms with Gasteiger partial charge in [-0.2, -0.15) is 0 Å². The van der Waals surface area contributed by atoms with Gasteiger partial charge in [0.1, 0.15) is 0 Å². The van der Waals surface area contributed by atoms with Gasteiger partial charge in [-0.15, -0.1) is 0 Å². The predicted octanol–water partition coefficient (Wildman–Crippen LogP) is 1.61. The number of amides is 1. The van der Waals surface area contributed by atoms with Crippen molar-refractivity contribution in [1.82, 2.24) is 5.32 Å². The van der Waals surface area contributed by atoms with E-state index in [1.54, 1.807) is 12.1 Å². The van der Waals surface area contributed by atoms with Crippen LogP contribution in [0.1, 0.15) is 23.2 Å². The molecule has 1 aromatic carbocycles. The first-order valence-electron chi connectivity index (χ1n) is 5.51. The van der Waals surface area contributed by atoms with Gasteiger partial charge in [-0.25, -0.2) is 4.79 Å². The number of hydrogen-bond acceptors (Lipinski definition) is 3. The van der Waals surface area contributed by atoms with Crippen LogP contribution in [0.15, 0.2) is 24.3 Å². The van der Waals surface area contributed by atoms with E-state index in [4.69, 9.17) is 17.3 Å². The Hall–Kier alpha value is -1.95. The minimum atomic E-state index is -1.01. The van der Waals surface area contributed by atoms with Crippen molar-refractivity contribution in [2.75, 3.05) is 5.32 Å². The summed E-state index contributed by atoms with van der Waals surface area (Å²) in [7, 11) is 0. The molecule has 0 unspecified atom stereocenters. The highest BCUT2D eigenvalue weighted by Crippen LogP contribution is 2.28. The maximum atomic E-state index is 11.4. The Morgan fingerprint density at radius 3 is 2.67 bits per heavy atom. The summed E-state index contributed by atoms with van der Waals surface area (Å²) < 4.78 is 0. The molecular weight excluding hydrogens is 252 g/mol. The summed E-state index contributed by atoms with van der Waals surface area (Å²) in [5.74, 6) is -1.01. The van der Waals surface area contributed by atoms with Gasteiger partial charge >= 0.3 is 5.97 Å². The fourth-order valence-electron chi connectivity index (χ4n) is 1.45. The van der Waals surface area contributed by atoms with Crippen LogP contribution in [-0.4, -0.2) is 22.1 Å². The fraction of sp³-hybridized carbons (Fsp3) is 0.250. The molecule has 94 valence electrons. The van der Waals surface area contributed by atoms with E-state index in [2.05, 4.69) is 10.6 Å². The first-order chi connectivity index (χ1) is 8.56. The van der Waals surface area contributed by atoms with E-state index in [1.807, 2.05) is 0 Å². The molecule has 3 N–H and O–H groups in total. The number of carbonyl (C=O) groups is 2. The Morgan fingerprint density at radius 2 is 2.06 bits per heavy atom. The molecule has 2 rings (SSSR count). The lowest BCUT2D eigenvalue weighted by Crippen LogP contribution is -2.35. The van der Waals surface area contributed by atoms with Gasteiger partial charge in [-0.05, 0) is 43.3 Å². The molecule has 0 bridgehead atoms. The summed E-state index contributed by atoms with van der Waals surface area (Å²) in [5, 5.41) is 14.4. The summed E-state index contributed by atoms with van der Waals surface area (Å²) >= 11 is 4.98. The molecule has 0 spiro atoms. The molecule has 18 heavy (non-hydrogen) atoms. The number of nitrogens with one attached hydrogen (secondary N) is 2. The number of carboxylic acid groups (broad SMARTS) is 1. The minimum Gasteiger partial charge on any atom is -0.478 e. The number of carboxylic acids is 1. The van der Waals surface area contributed by atoms with E-state index < -0.39 is 5.97 Å². The third-order valence-electron chi connectivity index (χ3n) is 2.55. The molecule has 0 aromatic heterocycles. The lowest BCUT2D eigenvalue weighted by atomic mass is 10.2. The molecule has 0 radical (unpaired) electrons. The van der Waals surface area contributed by atoms with Crippen molar-refractivity contribution >= 4 is 34.9 Å². The average Bonchev–Trinajstić information content (AvgIpc) is 3.12. The van der Waals surface area contributed by atoms with Crippen LogP contribution < -0.4 is 10.6 Å². The second-order valence-corrected chi connectivity index (χ2v) is 4.51. The molecule has 5 nitrogen and oxygen atoms in total. The molecule has 0 atom stereocenters. The third-order valence-corrected chi connectivity index (χ3v) is 2.76. The standard InChI is InChI=1S/C12H12N2O3S/c15-10(7-4-5-7)14-12(18)13-9-3-1-2-8(6-9)11(16)17/h1-3,6-7H,4-5H2,(H,16,17)(H2,13,14,15,18). The van der Waals surface area contributed by atoms with E-state index >= 15 is 0 Å². The normalized spacial score (nSPS) is 13.8. The van der Waals surface area contributed by atoms with Gasteiger partial charge in [-0.3, -0.25) is 4.79 Å². The van der Waals surface area contributed by atoms with Crippen molar-refractivity contribution in [3.05, 3.63) is 29.8 Å². The first kappa shape index (κ1) is 12.5. The lowest BCUT2D eigenvalue weighted by molar-refractivity contribution is -0.120. The number of benzene rings is 1. The summed E-state index contributed by atoms with van der Waals surface area (Å²) in [4.78, 5) is 22.2. The largest absolute Gasteiger partial charge is 0.478 e. The van der Waals surface area contributed by atoms with E-state index in [0.29, 0.717) is 5.69 Å². The molecule has 0 aliphatic heterocycles.